The van der Waals surface area contributed by atoms with E-state index in [1.54, 1.807) is 6.20 Å². The molecule has 2 nitrogen and oxygen atoms in total. The molecule has 2 aromatic carbocycles. The van der Waals surface area contributed by atoms with Gasteiger partial charge >= 0.3 is 0 Å². The number of benzene rings is 2. The summed E-state index contributed by atoms with van der Waals surface area (Å²) in [4.78, 5) is 8.68. The minimum atomic E-state index is 0.908. The van der Waals surface area contributed by atoms with E-state index in [4.69, 9.17) is 0 Å². The van der Waals surface area contributed by atoms with Crippen LogP contribution in [0.2, 0.25) is 0 Å². The summed E-state index contributed by atoms with van der Waals surface area (Å²) < 4.78 is 0. The van der Waals surface area contributed by atoms with E-state index in [9.17, 15) is 0 Å². The molecule has 0 aliphatic heterocycles. The number of hydrogen-bond donors (Lipinski definition) is 0. The predicted molar refractivity (Wildman–Crippen MR) is 82.4 cm³/mol. The first-order valence-corrected chi connectivity index (χ1v) is 6.68. The molecule has 98 valence electrons. The van der Waals surface area contributed by atoms with Gasteiger partial charge in [0.25, 0.3) is 0 Å². The summed E-state index contributed by atoms with van der Waals surface area (Å²) in [5.41, 5.74) is 6.66. The lowest BCUT2D eigenvalue weighted by Crippen LogP contribution is -1.88. The van der Waals surface area contributed by atoms with Crippen molar-refractivity contribution in [2.75, 3.05) is 0 Å². The predicted octanol–water partition coefficient (Wildman–Crippen LogP) is 4.43. The second-order valence-electron chi connectivity index (χ2n) is 4.99. The Morgan fingerprint density at radius 3 is 1.70 bits per heavy atom. The molecule has 0 bridgehead atoms. The molecule has 1 aromatic heterocycles. The molecule has 0 aliphatic rings. The van der Waals surface area contributed by atoms with E-state index in [0.29, 0.717) is 0 Å². The van der Waals surface area contributed by atoms with Crippen molar-refractivity contribution in [3.05, 3.63) is 72.2 Å². The quantitative estimate of drug-likeness (QED) is 0.681. The third kappa shape index (κ3) is 2.59. The van der Waals surface area contributed by atoms with Gasteiger partial charge in [0.2, 0.25) is 0 Å². The lowest BCUT2D eigenvalue weighted by Gasteiger charge is -2.05. The van der Waals surface area contributed by atoms with Crippen molar-refractivity contribution in [3.63, 3.8) is 0 Å². The summed E-state index contributed by atoms with van der Waals surface area (Å²) in [7, 11) is 0. The standard InChI is InChI=1S/C18H16N2/c1-13-3-5-15(6-4-13)16-7-9-17(10-8-16)18-12-19-14(2)11-20-18/h3-12H,1-2H3. The Morgan fingerprint density at radius 1 is 0.600 bits per heavy atom. The lowest BCUT2D eigenvalue weighted by atomic mass is 10.0. The molecule has 3 rings (SSSR count). The van der Waals surface area contributed by atoms with Crippen molar-refractivity contribution in [2.24, 2.45) is 0 Å². The third-order valence-corrected chi connectivity index (χ3v) is 3.35. The first-order valence-electron chi connectivity index (χ1n) is 6.68. The van der Waals surface area contributed by atoms with Crippen LogP contribution in [0.5, 0.6) is 0 Å². The molecule has 1 heterocycles. The van der Waals surface area contributed by atoms with Gasteiger partial charge in [-0.2, -0.15) is 0 Å². The minimum Gasteiger partial charge on any atom is -0.258 e. The second kappa shape index (κ2) is 5.25. The molecule has 0 spiro atoms. The van der Waals surface area contributed by atoms with E-state index >= 15 is 0 Å². The lowest BCUT2D eigenvalue weighted by molar-refractivity contribution is 1.12. The van der Waals surface area contributed by atoms with Gasteiger partial charge in [-0.25, -0.2) is 0 Å². The first-order chi connectivity index (χ1) is 9.72. The fourth-order valence-corrected chi connectivity index (χ4v) is 2.12. The Bertz CT molecular complexity index is 631. The van der Waals surface area contributed by atoms with Gasteiger partial charge in [-0.3, -0.25) is 9.97 Å². The summed E-state index contributed by atoms with van der Waals surface area (Å²) in [6.45, 7) is 4.04. The maximum absolute atomic E-state index is 4.40. The van der Waals surface area contributed by atoms with Gasteiger partial charge in [0.15, 0.2) is 0 Å². The van der Waals surface area contributed by atoms with Crippen LogP contribution in [0.4, 0.5) is 0 Å². The van der Waals surface area contributed by atoms with Crippen LogP contribution in [0.3, 0.4) is 0 Å². The van der Waals surface area contributed by atoms with E-state index in [2.05, 4.69) is 65.4 Å². The topological polar surface area (TPSA) is 25.8 Å². The molecule has 0 N–H and O–H groups in total. The minimum absolute atomic E-state index is 0.908. The van der Waals surface area contributed by atoms with Gasteiger partial charge in [-0.15, -0.1) is 0 Å². The zero-order valence-corrected chi connectivity index (χ0v) is 11.7. The average molecular weight is 260 g/mol. The maximum atomic E-state index is 4.40. The fourth-order valence-electron chi connectivity index (χ4n) is 2.12. The summed E-state index contributed by atoms with van der Waals surface area (Å²) in [5, 5.41) is 0. The molecular formula is C18H16N2. The van der Waals surface area contributed by atoms with Gasteiger partial charge in [0, 0.05) is 11.8 Å². The number of hydrogen-bond acceptors (Lipinski definition) is 2. The normalized spacial score (nSPS) is 10.5. The first kappa shape index (κ1) is 12.5. The van der Waals surface area contributed by atoms with E-state index in [1.807, 2.05) is 13.1 Å². The van der Waals surface area contributed by atoms with Crippen LogP contribution in [0, 0.1) is 13.8 Å². The van der Waals surface area contributed by atoms with Crippen molar-refractivity contribution in [1.82, 2.24) is 9.97 Å². The molecule has 0 aliphatic carbocycles. The Hall–Kier alpha value is -2.48. The zero-order valence-electron chi connectivity index (χ0n) is 11.7. The Kier molecular flexibility index (Phi) is 3.30. The Labute approximate surface area is 119 Å². The second-order valence-corrected chi connectivity index (χ2v) is 4.99. The van der Waals surface area contributed by atoms with Crippen molar-refractivity contribution in [2.45, 2.75) is 13.8 Å². The van der Waals surface area contributed by atoms with E-state index in [0.717, 1.165) is 17.0 Å². The molecule has 0 saturated carbocycles. The molecule has 0 fully saturated rings. The Balaban J connectivity index is 1.91. The SMILES string of the molecule is Cc1ccc(-c2ccc(-c3cnc(C)cn3)cc2)cc1. The van der Waals surface area contributed by atoms with Crippen LogP contribution in [-0.4, -0.2) is 9.97 Å². The van der Waals surface area contributed by atoms with Gasteiger partial charge in [-0.1, -0.05) is 54.1 Å². The molecule has 0 saturated heterocycles. The molecule has 20 heavy (non-hydrogen) atoms. The van der Waals surface area contributed by atoms with Crippen molar-refractivity contribution in [3.8, 4) is 22.4 Å². The van der Waals surface area contributed by atoms with Gasteiger partial charge < -0.3 is 0 Å². The van der Waals surface area contributed by atoms with E-state index < -0.39 is 0 Å². The largest absolute Gasteiger partial charge is 0.258 e. The highest BCUT2D eigenvalue weighted by atomic mass is 14.8. The Morgan fingerprint density at radius 2 is 1.15 bits per heavy atom. The third-order valence-electron chi connectivity index (χ3n) is 3.35. The number of aryl methyl sites for hydroxylation is 2. The van der Waals surface area contributed by atoms with Gasteiger partial charge in [0.05, 0.1) is 17.6 Å². The highest BCUT2D eigenvalue weighted by Gasteiger charge is 2.01. The number of rotatable bonds is 2. The van der Waals surface area contributed by atoms with E-state index in [1.165, 1.54) is 16.7 Å². The summed E-state index contributed by atoms with van der Waals surface area (Å²) >= 11 is 0. The monoisotopic (exact) mass is 260 g/mol. The molecule has 0 amide bonds. The average Bonchev–Trinajstić information content (AvgIpc) is 2.49. The van der Waals surface area contributed by atoms with Gasteiger partial charge in [-0.05, 0) is 25.0 Å². The maximum Gasteiger partial charge on any atom is 0.0885 e. The zero-order chi connectivity index (χ0) is 13.9. The number of aromatic nitrogens is 2. The number of nitrogens with zero attached hydrogens (tertiary/aromatic N) is 2. The van der Waals surface area contributed by atoms with E-state index in [-0.39, 0.29) is 0 Å². The van der Waals surface area contributed by atoms with Crippen LogP contribution in [0.15, 0.2) is 60.9 Å². The van der Waals surface area contributed by atoms with Crippen LogP contribution in [0.1, 0.15) is 11.3 Å². The van der Waals surface area contributed by atoms with Crippen LogP contribution in [-0.2, 0) is 0 Å². The fraction of sp³-hybridized carbons (Fsp3) is 0.111. The van der Waals surface area contributed by atoms with Crippen LogP contribution < -0.4 is 0 Å². The molecule has 2 heteroatoms. The molecule has 3 aromatic rings. The van der Waals surface area contributed by atoms with Crippen molar-refractivity contribution >= 4 is 0 Å². The molecular weight excluding hydrogens is 244 g/mol. The molecule has 0 atom stereocenters. The van der Waals surface area contributed by atoms with Crippen molar-refractivity contribution in [1.29, 1.82) is 0 Å². The molecule has 0 unspecified atom stereocenters. The van der Waals surface area contributed by atoms with Crippen molar-refractivity contribution < 1.29 is 0 Å². The highest BCUT2D eigenvalue weighted by molar-refractivity contribution is 5.68. The summed E-state index contributed by atoms with van der Waals surface area (Å²) in [6.07, 6.45) is 3.61. The van der Waals surface area contributed by atoms with Gasteiger partial charge in [0.1, 0.15) is 0 Å². The summed E-state index contributed by atoms with van der Waals surface area (Å²) in [5.74, 6) is 0. The molecule has 0 radical (unpaired) electrons. The van der Waals surface area contributed by atoms with Crippen LogP contribution in [0.25, 0.3) is 22.4 Å². The smallest absolute Gasteiger partial charge is 0.0885 e. The highest BCUT2D eigenvalue weighted by Crippen LogP contribution is 2.23. The summed E-state index contributed by atoms with van der Waals surface area (Å²) in [6, 6.07) is 17.0. The van der Waals surface area contributed by atoms with Crippen LogP contribution >= 0.6 is 0 Å².